The Labute approximate surface area is 190 Å². The summed E-state index contributed by atoms with van der Waals surface area (Å²) in [4.78, 5) is 6.69. The van der Waals surface area contributed by atoms with Crippen molar-refractivity contribution in [3.63, 3.8) is 0 Å². The Hall–Kier alpha value is -3.51. The summed E-state index contributed by atoms with van der Waals surface area (Å²) >= 11 is 0. The van der Waals surface area contributed by atoms with Gasteiger partial charge in [-0.15, -0.1) is 0 Å². The topological polar surface area (TPSA) is 53.1 Å². The summed E-state index contributed by atoms with van der Waals surface area (Å²) in [5, 5.41) is 0. The highest BCUT2D eigenvalue weighted by Crippen LogP contribution is 2.28. The molecule has 0 radical (unpaired) electrons. The Morgan fingerprint density at radius 1 is 0.875 bits per heavy atom. The van der Waals surface area contributed by atoms with Crippen molar-refractivity contribution in [2.24, 2.45) is 0 Å². The summed E-state index contributed by atoms with van der Waals surface area (Å²) < 4.78 is 21.1. The van der Waals surface area contributed by atoms with Crippen LogP contribution in [0.2, 0.25) is 0 Å². The van der Waals surface area contributed by atoms with Crippen LogP contribution in [0.1, 0.15) is 16.8 Å². The number of pyridine rings is 1. The van der Waals surface area contributed by atoms with E-state index in [2.05, 4.69) is 29.1 Å². The van der Waals surface area contributed by atoms with E-state index in [0.29, 0.717) is 0 Å². The van der Waals surface area contributed by atoms with Gasteiger partial charge in [0.15, 0.2) is 18.3 Å². The van der Waals surface area contributed by atoms with Gasteiger partial charge in [0.05, 0.1) is 19.9 Å². The number of likely N-dealkylation sites (N-methyl/N-ethyl adjacent to an activating group) is 1. The molecule has 2 aromatic carbocycles. The lowest BCUT2D eigenvalue weighted by Crippen LogP contribution is -2.20. The van der Waals surface area contributed by atoms with Gasteiger partial charge in [-0.25, -0.2) is 0 Å². The largest absolute Gasteiger partial charge is 0.493 e. The zero-order valence-corrected chi connectivity index (χ0v) is 19.1. The normalized spacial score (nSPS) is 10.9. The number of benzene rings is 2. The summed E-state index contributed by atoms with van der Waals surface area (Å²) in [6, 6.07) is 18.0. The van der Waals surface area contributed by atoms with Crippen molar-refractivity contribution in [1.82, 2.24) is 4.98 Å². The molecule has 0 aliphatic carbocycles. The van der Waals surface area contributed by atoms with Gasteiger partial charge in [-0.1, -0.05) is 24.3 Å². The second kappa shape index (κ2) is 11.8. The molecule has 0 spiro atoms. The molecule has 0 saturated carbocycles. The lowest BCUT2D eigenvalue weighted by Gasteiger charge is -2.20. The lowest BCUT2D eigenvalue weighted by molar-refractivity contribution is 0.0511. The van der Waals surface area contributed by atoms with Gasteiger partial charge >= 0.3 is 0 Å². The molecule has 0 bridgehead atoms. The molecule has 0 atom stereocenters. The molecule has 168 valence electrons. The van der Waals surface area contributed by atoms with Crippen LogP contribution in [0, 0.1) is 0 Å². The quantitative estimate of drug-likeness (QED) is 0.399. The maximum absolute atomic E-state index is 5.42. The van der Waals surface area contributed by atoms with E-state index in [0.717, 1.165) is 47.2 Å². The number of hydrogen-bond acceptors (Lipinski definition) is 6. The average Bonchev–Trinajstić information content (AvgIpc) is 2.85. The number of aromatic nitrogens is 1. The minimum Gasteiger partial charge on any atom is -0.493 e. The van der Waals surface area contributed by atoms with Gasteiger partial charge in [0.1, 0.15) is 5.75 Å². The van der Waals surface area contributed by atoms with Crippen LogP contribution in [0.5, 0.6) is 17.2 Å². The lowest BCUT2D eigenvalue weighted by atomic mass is 10.1. The molecule has 0 saturated heterocycles. The number of anilines is 1. The van der Waals surface area contributed by atoms with Gasteiger partial charge in [-0.2, -0.15) is 0 Å². The molecule has 0 N–H and O–H groups in total. The van der Waals surface area contributed by atoms with E-state index in [1.165, 1.54) is 5.56 Å². The highest BCUT2D eigenvalue weighted by Gasteiger charge is 2.07. The maximum Gasteiger partial charge on any atom is 0.188 e. The Kier molecular flexibility index (Phi) is 8.52. The van der Waals surface area contributed by atoms with E-state index >= 15 is 0 Å². The summed E-state index contributed by atoms with van der Waals surface area (Å²) in [6.45, 7) is 1.11. The van der Waals surface area contributed by atoms with Crippen LogP contribution in [-0.4, -0.2) is 46.7 Å². The Morgan fingerprint density at radius 2 is 1.66 bits per heavy atom. The van der Waals surface area contributed by atoms with E-state index in [-0.39, 0.29) is 6.79 Å². The summed E-state index contributed by atoms with van der Waals surface area (Å²) in [7, 11) is 6.99. The molecule has 6 heteroatoms. The second-order valence-corrected chi connectivity index (χ2v) is 7.25. The molecule has 0 aliphatic rings. The molecule has 1 heterocycles. The van der Waals surface area contributed by atoms with Gasteiger partial charge in [0.2, 0.25) is 0 Å². The zero-order chi connectivity index (χ0) is 22.8. The first-order valence-corrected chi connectivity index (χ1v) is 10.4. The van der Waals surface area contributed by atoms with Crippen molar-refractivity contribution in [2.75, 3.05) is 46.6 Å². The highest BCUT2D eigenvalue weighted by molar-refractivity contribution is 5.69. The Morgan fingerprint density at radius 3 is 2.38 bits per heavy atom. The zero-order valence-electron chi connectivity index (χ0n) is 19.1. The smallest absolute Gasteiger partial charge is 0.188 e. The summed E-state index contributed by atoms with van der Waals surface area (Å²) in [5.74, 6) is 2.27. The molecule has 3 rings (SSSR count). The number of ether oxygens (including phenoxy) is 4. The van der Waals surface area contributed by atoms with Crippen molar-refractivity contribution < 1.29 is 18.9 Å². The standard InChI is InChI=1S/C26H30N2O4/c1-28(16-14-21-8-12-25(30-3)26(17-21)31-4)23-13-15-27-22(18-23)9-5-20-6-10-24(11-7-20)32-19-29-2/h5-13,15,17-18H,14,16,19H2,1-4H3/b9-5+. The summed E-state index contributed by atoms with van der Waals surface area (Å²) in [6.07, 6.45) is 6.78. The van der Waals surface area contributed by atoms with Crippen molar-refractivity contribution in [3.05, 3.63) is 77.6 Å². The van der Waals surface area contributed by atoms with Gasteiger partial charge in [0, 0.05) is 32.6 Å². The van der Waals surface area contributed by atoms with Crippen LogP contribution in [0.25, 0.3) is 12.2 Å². The molecule has 0 aliphatic heterocycles. The van der Waals surface area contributed by atoms with Crippen LogP contribution >= 0.6 is 0 Å². The van der Waals surface area contributed by atoms with Crippen molar-refractivity contribution in [2.45, 2.75) is 6.42 Å². The Balaban J connectivity index is 1.60. The highest BCUT2D eigenvalue weighted by atomic mass is 16.7. The molecule has 32 heavy (non-hydrogen) atoms. The van der Waals surface area contributed by atoms with Crippen LogP contribution in [0.15, 0.2) is 60.8 Å². The van der Waals surface area contributed by atoms with E-state index in [4.69, 9.17) is 18.9 Å². The number of nitrogens with zero attached hydrogens (tertiary/aromatic N) is 2. The fraction of sp³-hybridized carbons (Fsp3) is 0.269. The van der Waals surface area contributed by atoms with E-state index in [9.17, 15) is 0 Å². The van der Waals surface area contributed by atoms with Gasteiger partial charge < -0.3 is 23.8 Å². The van der Waals surface area contributed by atoms with Crippen LogP contribution < -0.4 is 19.1 Å². The average molecular weight is 435 g/mol. The third-order valence-electron chi connectivity index (χ3n) is 5.06. The molecule has 0 amide bonds. The molecule has 1 aromatic heterocycles. The Bertz CT molecular complexity index is 1020. The number of hydrogen-bond donors (Lipinski definition) is 0. The van der Waals surface area contributed by atoms with Crippen LogP contribution in [0.4, 0.5) is 5.69 Å². The minimum absolute atomic E-state index is 0.241. The van der Waals surface area contributed by atoms with Crippen molar-refractivity contribution in [1.29, 1.82) is 0 Å². The molecule has 0 unspecified atom stereocenters. The molecular formula is C26H30N2O4. The minimum atomic E-state index is 0.241. The molecule has 6 nitrogen and oxygen atoms in total. The first kappa shape index (κ1) is 23.2. The van der Waals surface area contributed by atoms with E-state index in [1.807, 2.05) is 60.8 Å². The van der Waals surface area contributed by atoms with Gasteiger partial charge in [0.25, 0.3) is 0 Å². The SMILES string of the molecule is COCOc1ccc(/C=C/c2cc(N(C)CCc3ccc(OC)c(OC)c3)ccn2)cc1. The van der Waals surface area contributed by atoms with Crippen molar-refractivity contribution >= 4 is 17.8 Å². The van der Waals surface area contributed by atoms with Gasteiger partial charge in [-0.05, 0) is 60.0 Å². The molecule has 3 aromatic rings. The van der Waals surface area contributed by atoms with Crippen LogP contribution in [-0.2, 0) is 11.2 Å². The van der Waals surface area contributed by atoms with Gasteiger partial charge in [-0.3, -0.25) is 4.98 Å². The van der Waals surface area contributed by atoms with Crippen molar-refractivity contribution in [3.8, 4) is 17.2 Å². The van der Waals surface area contributed by atoms with E-state index < -0.39 is 0 Å². The van der Waals surface area contributed by atoms with Crippen LogP contribution in [0.3, 0.4) is 0 Å². The molecular weight excluding hydrogens is 404 g/mol. The predicted molar refractivity (Wildman–Crippen MR) is 129 cm³/mol. The summed E-state index contributed by atoms with van der Waals surface area (Å²) in [5.41, 5.74) is 4.29. The fourth-order valence-electron chi connectivity index (χ4n) is 3.21. The third-order valence-corrected chi connectivity index (χ3v) is 5.06. The monoisotopic (exact) mass is 434 g/mol. The first-order chi connectivity index (χ1) is 15.6. The third kappa shape index (κ3) is 6.49. The maximum atomic E-state index is 5.42. The number of methoxy groups -OCH3 is 3. The van der Waals surface area contributed by atoms with E-state index in [1.54, 1.807) is 21.3 Å². The fourth-order valence-corrected chi connectivity index (χ4v) is 3.21. The first-order valence-electron chi connectivity index (χ1n) is 10.4. The second-order valence-electron chi connectivity index (χ2n) is 7.25. The number of rotatable bonds is 11. The predicted octanol–water partition coefficient (Wildman–Crippen LogP) is 4.93. The molecule has 0 fully saturated rings.